The van der Waals surface area contributed by atoms with E-state index in [1.54, 1.807) is 0 Å². The lowest BCUT2D eigenvalue weighted by atomic mass is 9.93. The molecule has 2 aromatic rings. The molecule has 0 saturated carbocycles. The minimum Gasteiger partial charge on any atom is -0.489 e. The van der Waals surface area contributed by atoms with E-state index in [4.69, 9.17) is 9.47 Å². The molecule has 2 aromatic carbocycles. The lowest BCUT2D eigenvalue weighted by Gasteiger charge is -2.35. The van der Waals surface area contributed by atoms with Gasteiger partial charge in [0, 0.05) is 6.54 Å². The van der Waals surface area contributed by atoms with Crippen LogP contribution in [0.15, 0.2) is 48.5 Å². The van der Waals surface area contributed by atoms with Crippen LogP contribution in [-0.4, -0.2) is 29.4 Å². The summed E-state index contributed by atoms with van der Waals surface area (Å²) in [4.78, 5) is 25.6. The van der Waals surface area contributed by atoms with Gasteiger partial charge in [-0.05, 0) is 56.0 Å². The Morgan fingerprint density at radius 1 is 1.19 bits per heavy atom. The number of rotatable bonds is 4. The van der Waals surface area contributed by atoms with Crippen LogP contribution in [-0.2, 0) is 22.6 Å². The Bertz CT molecular complexity index is 811. The van der Waals surface area contributed by atoms with Crippen molar-refractivity contribution in [1.29, 1.82) is 0 Å². The number of carbonyl (C=O) groups is 2. The van der Waals surface area contributed by atoms with Gasteiger partial charge in [0.25, 0.3) is 0 Å². The number of nitrogens with zero attached hydrogens (tertiary/aromatic N) is 1. The van der Waals surface area contributed by atoms with E-state index in [-0.39, 0.29) is 0 Å². The lowest BCUT2D eigenvalue weighted by molar-refractivity contribution is -0.113. The van der Waals surface area contributed by atoms with Crippen LogP contribution in [0.4, 0.5) is 4.79 Å². The van der Waals surface area contributed by atoms with Crippen molar-refractivity contribution in [2.45, 2.75) is 45.4 Å². The van der Waals surface area contributed by atoms with E-state index in [1.807, 2.05) is 69.3 Å². The molecule has 1 atom stereocenters. The van der Waals surface area contributed by atoms with E-state index >= 15 is 0 Å². The van der Waals surface area contributed by atoms with Crippen molar-refractivity contribution in [1.82, 2.24) is 4.90 Å². The lowest BCUT2D eigenvalue weighted by Crippen LogP contribution is -2.43. The van der Waals surface area contributed by atoms with Gasteiger partial charge in [-0.3, -0.25) is 4.90 Å². The summed E-state index contributed by atoms with van der Waals surface area (Å²) in [6.07, 6.45) is 0.989. The first-order valence-corrected chi connectivity index (χ1v) is 9.12. The number of carbonyl (C=O) groups excluding carboxylic acids is 2. The summed E-state index contributed by atoms with van der Waals surface area (Å²) >= 11 is 0. The van der Waals surface area contributed by atoms with Gasteiger partial charge in [0.15, 0.2) is 0 Å². The average Bonchev–Trinajstić information content (AvgIpc) is 2.64. The largest absolute Gasteiger partial charge is 0.489 e. The van der Waals surface area contributed by atoms with E-state index in [0.717, 1.165) is 28.7 Å². The summed E-state index contributed by atoms with van der Waals surface area (Å²) < 4.78 is 11.3. The fourth-order valence-electron chi connectivity index (χ4n) is 3.14. The van der Waals surface area contributed by atoms with Crippen molar-refractivity contribution < 1.29 is 19.1 Å². The van der Waals surface area contributed by atoms with Gasteiger partial charge in [-0.15, -0.1) is 0 Å². The quantitative estimate of drug-likeness (QED) is 0.756. The summed E-state index contributed by atoms with van der Waals surface area (Å²) in [5.74, 6) is 0.757. The molecule has 0 aliphatic carbocycles. The Morgan fingerprint density at radius 2 is 1.93 bits per heavy atom. The third-order valence-corrected chi connectivity index (χ3v) is 4.40. The number of ether oxygens (including phenoxy) is 2. The molecule has 142 valence electrons. The molecule has 1 aliphatic heterocycles. The van der Waals surface area contributed by atoms with Crippen molar-refractivity contribution in [2.75, 3.05) is 6.54 Å². The zero-order valence-electron chi connectivity index (χ0n) is 16.0. The van der Waals surface area contributed by atoms with Crippen LogP contribution in [0.1, 0.15) is 43.5 Å². The molecule has 0 radical (unpaired) electrons. The van der Waals surface area contributed by atoms with Gasteiger partial charge in [-0.2, -0.15) is 0 Å². The first-order chi connectivity index (χ1) is 12.9. The smallest absolute Gasteiger partial charge is 0.411 e. The molecule has 0 spiro atoms. The summed E-state index contributed by atoms with van der Waals surface area (Å²) in [6.45, 7) is 6.37. The molecule has 3 rings (SSSR count). The SMILES string of the molecule is CC(C)(C)OC(=O)N1CCc2cc(OCc3ccccc3)ccc2C1C=O. The number of benzene rings is 2. The molecule has 1 amide bonds. The van der Waals surface area contributed by atoms with Crippen LogP contribution >= 0.6 is 0 Å². The minimum atomic E-state index is -0.633. The zero-order valence-corrected chi connectivity index (χ0v) is 16.0. The van der Waals surface area contributed by atoms with Crippen LogP contribution in [0.3, 0.4) is 0 Å². The molecule has 0 bridgehead atoms. The molecule has 1 aliphatic rings. The van der Waals surface area contributed by atoms with E-state index in [9.17, 15) is 9.59 Å². The monoisotopic (exact) mass is 367 g/mol. The molecule has 27 heavy (non-hydrogen) atoms. The number of amides is 1. The molecule has 0 N–H and O–H groups in total. The van der Waals surface area contributed by atoms with Crippen LogP contribution < -0.4 is 4.74 Å². The summed E-state index contributed by atoms with van der Waals surface area (Å²) in [5, 5.41) is 0. The number of fused-ring (bicyclic) bond motifs is 1. The van der Waals surface area contributed by atoms with E-state index in [2.05, 4.69) is 0 Å². The molecule has 1 unspecified atom stereocenters. The second-order valence-corrected chi connectivity index (χ2v) is 7.64. The first-order valence-electron chi connectivity index (χ1n) is 9.12. The van der Waals surface area contributed by atoms with Gasteiger partial charge in [0.05, 0.1) is 0 Å². The normalized spacial score (nSPS) is 16.4. The third kappa shape index (κ3) is 4.67. The van der Waals surface area contributed by atoms with Gasteiger partial charge in [-0.1, -0.05) is 36.4 Å². The van der Waals surface area contributed by atoms with Gasteiger partial charge in [0.1, 0.15) is 30.3 Å². The van der Waals surface area contributed by atoms with E-state index in [1.165, 1.54) is 4.90 Å². The van der Waals surface area contributed by atoms with Crippen molar-refractivity contribution in [3.05, 3.63) is 65.2 Å². The predicted molar refractivity (Wildman–Crippen MR) is 103 cm³/mol. The maximum atomic E-state index is 12.4. The molecule has 5 heteroatoms. The Kier molecular flexibility index (Phi) is 5.49. The van der Waals surface area contributed by atoms with Crippen molar-refractivity contribution >= 4 is 12.4 Å². The molecule has 0 aromatic heterocycles. The fourth-order valence-corrected chi connectivity index (χ4v) is 3.14. The fraction of sp³-hybridized carbons (Fsp3) is 0.364. The summed E-state index contributed by atoms with van der Waals surface area (Å²) in [5.41, 5.74) is 2.35. The predicted octanol–water partition coefficient (Wildman–Crippen LogP) is 4.30. The summed E-state index contributed by atoms with van der Waals surface area (Å²) in [6, 6.07) is 15.0. The molecule has 5 nitrogen and oxygen atoms in total. The first kappa shape index (κ1) is 19.0. The Hall–Kier alpha value is -2.82. The minimum absolute atomic E-state index is 0.438. The topological polar surface area (TPSA) is 55.8 Å². The molecular formula is C22H25NO4. The second kappa shape index (κ2) is 7.82. The standard InChI is InChI=1S/C22H25NO4/c1-22(2,3)27-21(25)23-12-11-17-13-18(9-10-19(17)20(23)14-24)26-15-16-7-5-4-6-8-16/h4-10,13-14,20H,11-12,15H2,1-3H3. The molecular weight excluding hydrogens is 342 g/mol. The van der Waals surface area contributed by atoms with Crippen molar-refractivity contribution in [3.8, 4) is 5.75 Å². The van der Waals surface area contributed by atoms with Crippen LogP contribution in [0.25, 0.3) is 0 Å². The highest BCUT2D eigenvalue weighted by atomic mass is 16.6. The van der Waals surface area contributed by atoms with Crippen LogP contribution in [0.2, 0.25) is 0 Å². The molecule has 0 saturated heterocycles. The van der Waals surface area contributed by atoms with Crippen LogP contribution in [0, 0.1) is 0 Å². The van der Waals surface area contributed by atoms with Gasteiger partial charge in [0.2, 0.25) is 0 Å². The number of aldehydes is 1. The van der Waals surface area contributed by atoms with Crippen LogP contribution in [0.5, 0.6) is 5.75 Å². The third-order valence-electron chi connectivity index (χ3n) is 4.40. The maximum Gasteiger partial charge on any atom is 0.411 e. The zero-order chi connectivity index (χ0) is 19.4. The number of hydrogen-bond acceptors (Lipinski definition) is 4. The highest BCUT2D eigenvalue weighted by molar-refractivity contribution is 5.76. The highest BCUT2D eigenvalue weighted by Crippen LogP contribution is 2.32. The number of hydrogen-bond donors (Lipinski definition) is 0. The second-order valence-electron chi connectivity index (χ2n) is 7.64. The van der Waals surface area contributed by atoms with Crippen molar-refractivity contribution in [2.24, 2.45) is 0 Å². The average molecular weight is 367 g/mol. The summed E-state index contributed by atoms with van der Waals surface area (Å²) in [7, 11) is 0. The Morgan fingerprint density at radius 3 is 2.59 bits per heavy atom. The van der Waals surface area contributed by atoms with Crippen molar-refractivity contribution in [3.63, 3.8) is 0 Å². The molecule has 0 fully saturated rings. The Labute approximate surface area is 159 Å². The van der Waals surface area contributed by atoms with Gasteiger partial charge >= 0.3 is 6.09 Å². The van der Waals surface area contributed by atoms with E-state index in [0.29, 0.717) is 19.6 Å². The van der Waals surface area contributed by atoms with Gasteiger partial charge in [-0.25, -0.2) is 4.79 Å². The van der Waals surface area contributed by atoms with Gasteiger partial charge < -0.3 is 14.3 Å². The van der Waals surface area contributed by atoms with E-state index < -0.39 is 17.7 Å². The molecule has 1 heterocycles. The highest BCUT2D eigenvalue weighted by Gasteiger charge is 2.33. The maximum absolute atomic E-state index is 12.4. The Balaban J connectivity index is 1.74.